The Morgan fingerprint density at radius 1 is 1.24 bits per heavy atom. The van der Waals surface area contributed by atoms with Crippen LogP contribution in [0.25, 0.3) is 0 Å². The maximum atomic E-state index is 4.60. The zero-order chi connectivity index (χ0) is 12.5. The first-order valence-electron chi connectivity index (χ1n) is 6.39. The molecular weight excluding hydrogens is 212 g/mol. The minimum absolute atomic E-state index is 0.0224. The van der Waals surface area contributed by atoms with Crippen molar-refractivity contribution in [1.82, 2.24) is 9.97 Å². The Bertz CT molecular complexity index is 391. The molecule has 1 fully saturated rings. The summed E-state index contributed by atoms with van der Waals surface area (Å²) in [6.45, 7) is 9.37. The van der Waals surface area contributed by atoms with E-state index in [9.17, 15) is 0 Å². The SMILES string of the molecule is CCNc1cc(NC2CC2)nc(C(C)(C)C)n1. The third-order valence-corrected chi connectivity index (χ3v) is 2.68. The summed E-state index contributed by atoms with van der Waals surface area (Å²) >= 11 is 0. The van der Waals surface area contributed by atoms with E-state index in [0.29, 0.717) is 6.04 Å². The molecule has 0 saturated heterocycles. The molecule has 1 aromatic heterocycles. The van der Waals surface area contributed by atoms with Crippen LogP contribution in [0.5, 0.6) is 0 Å². The highest BCUT2D eigenvalue weighted by atomic mass is 15.1. The fraction of sp³-hybridized carbons (Fsp3) is 0.692. The predicted molar refractivity (Wildman–Crippen MR) is 71.5 cm³/mol. The second kappa shape index (κ2) is 4.51. The molecule has 1 aliphatic rings. The van der Waals surface area contributed by atoms with Crippen molar-refractivity contribution in [3.8, 4) is 0 Å². The van der Waals surface area contributed by atoms with E-state index in [2.05, 4.69) is 48.3 Å². The monoisotopic (exact) mass is 234 g/mol. The molecule has 2 rings (SSSR count). The van der Waals surface area contributed by atoms with Gasteiger partial charge in [0.2, 0.25) is 0 Å². The highest BCUT2D eigenvalue weighted by Gasteiger charge is 2.23. The van der Waals surface area contributed by atoms with E-state index >= 15 is 0 Å². The molecule has 4 nitrogen and oxygen atoms in total. The fourth-order valence-corrected chi connectivity index (χ4v) is 1.57. The summed E-state index contributed by atoms with van der Waals surface area (Å²) in [4.78, 5) is 9.16. The van der Waals surface area contributed by atoms with E-state index in [1.165, 1.54) is 12.8 Å². The molecule has 0 amide bonds. The van der Waals surface area contributed by atoms with Crippen LogP contribution in [0.1, 0.15) is 46.4 Å². The molecule has 0 unspecified atom stereocenters. The van der Waals surface area contributed by atoms with Crippen molar-refractivity contribution in [3.63, 3.8) is 0 Å². The topological polar surface area (TPSA) is 49.8 Å². The molecule has 1 heterocycles. The van der Waals surface area contributed by atoms with Gasteiger partial charge in [0.05, 0.1) is 0 Å². The Kier molecular flexibility index (Phi) is 3.22. The number of anilines is 2. The summed E-state index contributed by atoms with van der Waals surface area (Å²) < 4.78 is 0. The Morgan fingerprint density at radius 3 is 2.41 bits per heavy atom. The molecule has 1 aromatic rings. The molecule has 4 heteroatoms. The van der Waals surface area contributed by atoms with Crippen LogP contribution in [0.4, 0.5) is 11.6 Å². The molecule has 0 aliphatic heterocycles. The van der Waals surface area contributed by atoms with Crippen LogP contribution in [-0.2, 0) is 5.41 Å². The highest BCUT2D eigenvalue weighted by Crippen LogP contribution is 2.27. The smallest absolute Gasteiger partial charge is 0.138 e. The van der Waals surface area contributed by atoms with Gasteiger partial charge in [0.15, 0.2) is 0 Å². The summed E-state index contributed by atoms with van der Waals surface area (Å²) in [7, 11) is 0. The molecule has 1 aliphatic carbocycles. The molecule has 0 spiro atoms. The summed E-state index contributed by atoms with van der Waals surface area (Å²) in [6.07, 6.45) is 2.51. The maximum Gasteiger partial charge on any atom is 0.138 e. The number of nitrogens with one attached hydrogen (secondary N) is 2. The van der Waals surface area contributed by atoms with E-state index in [0.717, 1.165) is 24.0 Å². The van der Waals surface area contributed by atoms with Gasteiger partial charge in [-0.2, -0.15) is 0 Å². The average Bonchev–Trinajstić information content (AvgIpc) is 3.00. The first kappa shape index (κ1) is 12.1. The van der Waals surface area contributed by atoms with E-state index in [4.69, 9.17) is 0 Å². The van der Waals surface area contributed by atoms with Crippen LogP contribution in [0.3, 0.4) is 0 Å². The van der Waals surface area contributed by atoms with Gasteiger partial charge in [0, 0.05) is 24.1 Å². The summed E-state index contributed by atoms with van der Waals surface area (Å²) in [5, 5.41) is 6.70. The van der Waals surface area contributed by atoms with Gasteiger partial charge in [-0.25, -0.2) is 9.97 Å². The minimum Gasteiger partial charge on any atom is -0.370 e. The Balaban J connectivity index is 2.27. The zero-order valence-electron chi connectivity index (χ0n) is 11.2. The van der Waals surface area contributed by atoms with E-state index in [-0.39, 0.29) is 5.41 Å². The van der Waals surface area contributed by atoms with Gasteiger partial charge in [-0.1, -0.05) is 20.8 Å². The predicted octanol–water partition coefficient (Wildman–Crippen LogP) is 2.78. The van der Waals surface area contributed by atoms with Crippen LogP contribution in [0.15, 0.2) is 6.07 Å². The second-order valence-electron chi connectivity index (χ2n) is 5.66. The number of hydrogen-bond donors (Lipinski definition) is 2. The first-order chi connectivity index (χ1) is 7.99. The molecule has 1 saturated carbocycles. The number of nitrogens with zero attached hydrogens (tertiary/aromatic N) is 2. The zero-order valence-corrected chi connectivity index (χ0v) is 11.2. The average molecular weight is 234 g/mol. The third kappa shape index (κ3) is 3.32. The van der Waals surface area contributed by atoms with Crippen LogP contribution in [0.2, 0.25) is 0 Å². The van der Waals surface area contributed by atoms with Gasteiger partial charge < -0.3 is 10.6 Å². The molecule has 0 aromatic carbocycles. The van der Waals surface area contributed by atoms with Crippen molar-refractivity contribution < 1.29 is 0 Å². The molecule has 0 radical (unpaired) electrons. The number of rotatable bonds is 4. The summed E-state index contributed by atoms with van der Waals surface area (Å²) in [5.74, 6) is 2.75. The fourth-order valence-electron chi connectivity index (χ4n) is 1.57. The van der Waals surface area contributed by atoms with Crippen molar-refractivity contribution in [1.29, 1.82) is 0 Å². The molecule has 94 valence electrons. The summed E-state index contributed by atoms with van der Waals surface area (Å²) in [5.41, 5.74) is -0.0224. The number of aromatic nitrogens is 2. The van der Waals surface area contributed by atoms with E-state index in [1.54, 1.807) is 0 Å². The lowest BCUT2D eigenvalue weighted by atomic mass is 9.96. The van der Waals surface area contributed by atoms with E-state index < -0.39 is 0 Å². The minimum atomic E-state index is -0.0224. The third-order valence-electron chi connectivity index (χ3n) is 2.68. The molecule has 0 atom stereocenters. The van der Waals surface area contributed by atoms with Gasteiger partial charge in [-0.15, -0.1) is 0 Å². The lowest BCUT2D eigenvalue weighted by Gasteiger charge is -2.19. The Labute approximate surface area is 103 Å². The van der Waals surface area contributed by atoms with Crippen LogP contribution in [-0.4, -0.2) is 22.6 Å². The Hall–Kier alpha value is -1.32. The Morgan fingerprint density at radius 2 is 1.88 bits per heavy atom. The second-order valence-corrected chi connectivity index (χ2v) is 5.66. The lowest BCUT2D eigenvalue weighted by Crippen LogP contribution is -2.19. The molecule has 17 heavy (non-hydrogen) atoms. The van der Waals surface area contributed by atoms with Crippen molar-refractivity contribution in [2.75, 3.05) is 17.2 Å². The van der Waals surface area contributed by atoms with Gasteiger partial charge in [-0.3, -0.25) is 0 Å². The van der Waals surface area contributed by atoms with Gasteiger partial charge >= 0.3 is 0 Å². The first-order valence-corrected chi connectivity index (χ1v) is 6.39. The quantitative estimate of drug-likeness (QED) is 0.841. The van der Waals surface area contributed by atoms with E-state index in [1.807, 2.05) is 6.07 Å². The van der Waals surface area contributed by atoms with Gasteiger partial charge in [0.1, 0.15) is 17.5 Å². The van der Waals surface area contributed by atoms with Crippen molar-refractivity contribution >= 4 is 11.6 Å². The standard InChI is InChI=1S/C13H22N4/c1-5-14-10-8-11(15-9-6-7-9)17-12(16-10)13(2,3)4/h8-9H,5-7H2,1-4H3,(H2,14,15,16,17). The maximum absolute atomic E-state index is 4.60. The van der Waals surface area contributed by atoms with Crippen molar-refractivity contribution in [2.24, 2.45) is 0 Å². The molecule has 0 bridgehead atoms. The molecular formula is C13H22N4. The van der Waals surface area contributed by atoms with Gasteiger partial charge in [-0.05, 0) is 19.8 Å². The lowest BCUT2D eigenvalue weighted by molar-refractivity contribution is 0.546. The van der Waals surface area contributed by atoms with Crippen LogP contribution >= 0.6 is 0 Å². The highest BCUT2D eigenvalue weighted by molar-refractivity contribution is 5.49. The van der Waals surface area contributed by atoms with Crippen LogP contribution < -0.4 is 10.6 Å². The van der Waals surface area contributed by atoms with Crippen LogP contribution in [0, 0.1) is 0 Å². The normalized spacial score (nSPS) is 15.8. The number of hydrogen-bond acceptors (Lipinski definition) is 4. The van der Waals surface area contributed by atoms with Gasteiger partial charge in [0.25, 0.3) is 0 Å². The summed E-state index contributed by atoms with van der Waals surface area (Å²) in [6, 6.07) is 2.61. The van der Waals surface area contributed by atoms with Crippen molar-refractivity contribution in [2.45, 2.75) is 52.0 Å². The molecule has 2 N–H and O–H groups in total. The van der Waals surface area contributed by atoms with Crippen molar-refractivity contribution in [3.05, 3.63) is 11.9 Å². The largest absolute Gasteiger partial charge is 0.370 e.